The van der Waals surface area contributed by atoms with Crippen LogP contribution in [0.2, 0.25) is 0 Å². The summed E-state index contributed by atoms with van der Waals surface area (Å²) in [6, 6.07) is 6.60. The molecule has 0 bridgehead atoms. The number of allylic oxidation sites excluding steroid dienone is 1. The van der Waals surface area contributed by atoms with Gasteiger partial charge < -0.3 is 10.1 Å². The summed E-state index contributed by atoms with van der Waals surface area (Å²) in [7, 11) is 0. The van der Waals surface area contributed by atoms with E-state index in [1.165, 1.54) is 16.7 Å². The molecule has 1 aromatic rings. The number of nitrogens with zero attached hydrogens (tertiary/aromatic N) is 1. The van der Waals surface area contributed by atoms with Gasteiger partial charge in [-0.1, -0.05) is 26.0 Å². The number of rotatable bonds is 7. The van der Waals surface area contributed by atoms with Crippen molar-refractivity contribution < 1.29 is 18.7 Å². The molecule has 2 rings (SSSR count). The van der Waals surface area contributed by atoms with Crippen molar-refractivity contribution in [1.82, 2.24) is 4.90 Å². The van der Waals surface area contributed by atoms with Crippen molar-refractivity contribution in [2.75, 3.05) is 17.8 Å². The Bertz CT molecular complexity index is 746. The number of benzene rings is 1. The van der Waals surface area contributed by atoms with Crippen molar-refractivity contribution in [1.29, 1.82) is 0 Å². The molecule has 0 aliphatic carbocycles. The van der Waals surface area contributed by atoms with E-state index in [2.05, 4.69) is 19.2 Å². The molecule has 1 heterocycles. The third kappa shape index (κ3) is 5.03. The quantitative estimate of drug-likeness (QED) is 0.749. The molecule has 1 aromatic carbocycles. The van der Waals surface area contributed by atoms with Crippen LogP contribution in [0.4, 0.5) is 10.1 Å². The minimum Gasteiger partial charge on any atom is -0.476 e. The van der Waals surface area contributed by atoms with E-state index in [1.54, 1.807) is 45.0 Å². The maximum atomic E-state index is 13.0. The molecule has 0 radical (unpaired) electrons. The Morgan fingerprint density at radius 2 is 2.11 bits per heavy atom. The number of alkyl halides is 1. The van der Waals surface area contributed by atoms with Gasteiger partial charge in [-0.05, 0) is 44.4 Å². The lowest BCUT2D eigenvalue weighted by Crippen LogP contribution is -2.57. The highest BCUT2D eigenvalue weighted by Crippen LogP contribution is 2.32. The summed E-state index contributed by atoms with van der Waals surface area (Å²) in [5.41, 5.74) is -0.156. The maximum absolute atomic E-state index is 13.0. The average Bonchev–Trinajstić information content (AvgIpc) is 2.61. The van der Waals surface area contributed by atoms with Gasteiger partial charge in [-0.25, -0.2) is 4.39 Å². The first-order valence-electron chi connectivity index (χ1n) is 8.91. The van der Waals surface area contributed by atoms with Crippen molar-refractivity contribution in [3.63, 3.8) is 0 Å². The van der Waals surface area contributed by atoms with Crippen LogP contribution in [0.3, 0.4) is 0 Å². The first-order valence-corrected chi connectivity index (χ1v) is 9.90. The first-order chi connectivity index (χ1) is 12.7. The number of thioether (sulfide) groups is 1. The lowest BCUT2D eigenvalue weighted by atomic mass is 10.0. The van der Waals surface area contributed by atoms with Gasteiger partial charge in [0.2, 0.25) is 5.91 Å². The Morgan fingerprint density at radius 1 is 1.41 bits per heavy atom. The van der Waals surface area contributed by atoms with Crippen LogP contribution in [0.1, 0.15) is 40.2 Å². The maximum Gasteiger partial charge on any atom is 0.267 e. The average molecular weight is 395 g/mol. The molecule has 0 saturated carbocycles. The van der Waals surface area contributed by atoms with Gasteiger partial charge in [0, 0.05) is 11.4 Å². The molecule has 0 unspecified atom stereocenters. The van der Waals surface area contributed by atoms with Gasteiger partial charge in [0.1, 0.15) is 22.9 Å². The summed E-state index contributed by atoms with van der Waals surface area (Å²) >= 11 is 1.45. The molecule has 0 aromatic heterocycles. The highest BCUT2D eigenvalue weighted by molar-refractivity contribution is 8.04. The van der Waals surface area contributed by atoms with Crippen LogP contribution in [0, 0.1) is 5.92 Å². The van der Waals surface area contributed by atoms with E-state index in [1.807, 2.05) is 0 Å². The SMILES string of the molecule is CC1=C(SCC(C)C)C(=O)N(C(C)(C)C(=O)Nc2cccc(CF)c2)CO1. The van der Waals surface area contributed by atoms with Gasteiger partial charge in [-0.15, -0.1) is 11.8 Å². The summed E-state index contributed by atoms with van der Waals surface area (Å²) in [6.45, 7) is 8.69. The van der Waals surface area contributed by atoms with E-state index >= 15 is 0 Å². The van der Waals surface area contributed by atoms with Crippen LogP contribution in [0.5, 0.6) is 0 Å². The highest BCUT2D eigenvalue weighted by Gasteiger charge is 2.42. The molecule has 27 heavy (non-hydrogen) atoms. The van der Waals surface area contributed by atoms with Crippen LogP contribution in [-0.2, 0) is 21.0 Å². The molecule has 1 N–H and O–H groups in total. The number of halogens is 1. The largest absolute Gasteiger partial charge is 0.476 e. The zero-order chi connectivity index (χ0) is 20.2. The van der Waals surface area contributed by atoms with Crippen LogP contribution < -0.4 is 5.32 Å². The Hall–Kier alpha value is -2.02. The lowest BCUT2D eigenvalue weighted by molar-refractivity contribution is -0.148. The standard InChI is InChI=1S/C20H27FN2O3S/c1-13(2)11-27-17-14(3)26-12-23(18(17)24)20(4,5)19(25)22-16-8-6-7-15(9-16)10-21/h6-9,13H,10-12H2,1-5H3,(H,22,25). The number of nitrogens with one attached hydrogen (secondary N) is 1. The number of hydrogen-bond donors (Lipinski definition) is 1. The Morgan fingerprint density at radius 3 is 2.74 bits per heavy atom. The van der Waals surface area contributed by atoms with E-state index < -0.39 is 12.2 Å². The molecule has 5 nitrogen and oxygen atoms in total. The molecular weight excluding hydrogens is 367 g/mol. The third-order valence-corrected chi connectivity index (χ3v) is 5.88. The van der Waals surface area contributed by atoms with E-state index in [0.29, 0.717) is 27.8 Å². The van der Waals surface area contributed by atoms with E-state index in [0.717, 1.165) is 5.75 Å². The normalized spacial score (nSPS) is 15.2. The van der Waals surface area contributed by atoms with E-state index in [4.69, 9.17) is 4.74 Å². The number of ether oxygens (including phenoxy) is 1. The molecule has 7 heteroatoms. The molecule has 148 valence electrons. The Kier molecular flexibility index (Phi) is 6.92. The number of anilines is 1. The molecular formula is C20H27FN2O3S. The van der Waals surface area contributed by atoms with Gasteiger partial charge in [-0.2, -0.15) is 0 Å². The van der Waals surface area contributed by atoms with Crippen LogP contribution >= 0.6 is 11.8 Å². The summed E-state index contributed by atoms with van der Waals surface area (Å²) in [5.74, 6) is 1.25. The lowest BCUT2D eigenvalue weighted by Gasteiger charge is -2.40. The topological polar surface area (TPSA) is 58.6 Å². The third-order valence-electron chi connectivity index (χ3n) is 4.30. The summed E-state index contributed by atoms with van der Waals surface area (Å²) < 4.78 is 18.5. The second-order valence-electron chi connectivity index (χ2n) is 7.44. The second-order valence-corrected chi connectivity index (χ2v) is 8.47. The second kappa shape index (κ2) is 8.78. The zero-order valence-corrected chi connectivity index (χ0v) is 17.3. The van der Waals surface area contributed by atoms with E-state index in [-0.39, 0.29) is 18.5 Å². The van der Waals surface area contributed by atoms with Crippen LogP contribution in [0.15, 0.2) is 34.9 Å². The number of carbonyl (C=O) groups is 2. The van der Waals surface area contributed by atoms with Crippen molar-refractivity contribution in [2.24, 2.45) is 5.92 Å². The van der Waals surface area contributed by atoms with Crippen LogP contribution in [-0.4, -0.2) is 34.7 Å². The molecule has 1 aliphatic heterocycles. The molecule has 2 amide bonds. The van der Waals surface area contributed by atoms with Crippen molar-refractivity contribution in [2.45, 2.75) is 46.8 Å². The zero-order valence-electron chi connectivity index (χ0n) is 16.5. The number of carbonyl (C=O) groups excluding carboxylic acids is 2. The van der Waals surface area contributed by atoms with Gasteiger partial charge >= 0.3 is 0 Å². The monoisotopic (exact) mass is 394 g/mol. The van der Waals surface area contributed by atoms with Gasteiger partial charge in [-0.3, -0.25) is 14.5 Å². The van der Waals surface area contributed by atoms with Crippen molar-refractivity contribution in [3.8, 4) is 0 Å². The van der Waals surface area contributed by atoms with Crippen LogP contribution in [0.25, 0.3) is 0 Å². The molecule has 1 aliphatic rings. The first kappa shape index (κ1) is 21.3. The smallest absolute Gasteiger partial charge is 0.267 e. The summed E-state index contributed by atoms with van der Waals surface area (Å²) in [4.78, 5) is 27.8. The predicted molar refractivity (Wildman–Crippen MR) is 107 cm³/mol. The predicted octanol–water partition coefficient (Wildman–Crippen LogP) is 4.31. The fraction of sp³-hybridized carbons (Fsp3) is 0.500. The minimum atomic E-state index is -1.13. The Balaban J connectivity index is 2.17. The summed E-state index contributed by atoms with van der Waals surface area (Å²) in [5, 5.41) is 2.77. The van der Waals surface area contributed by atoms with Gasteiger partial charge in [0.05, 0.1) is 0 Å². The number of amides is 2. The fourth-order valence-electron chi connectivity index (χ4n) is 2.53. The van der Waals surface area contributed by atoms with Gasteiger partial charge in [0.25, 0.3) is 5.91 Å². The minimum absolute atomic E-state index is 0.0152. The van der Waals surface area contributed by atoms with Crippen molar-refractivity contribution >= 4 is 29.3 Å². The number of hydrogen-bond acceptors (Lipinski definition) is 4. The molecule has 0 spiro atoms. The molecule has 0 saturated heterocycles. The van der Waals surface area contributed by atoms with E-state index in [9.17, 15) is 14.0 Å². The molecule has 0 atom stereocenters. The summed E-state index contributed by atoms with van der Waals surface area (Å²) in [6.07, 6.45) is 0. The molecule has 0 fully saturated rings. The van der Waals surface area contributed by atoms with Crippen molar-refractivity contribution in [3.05, 3.63) is 40.5 Å². The Labute approximate surface area is 164 Å². The fourth-order valence-corrected chi connectivity index (χ4v) is 3.52. The highest BCUT2D eigenvalue weighted by atomic mass is 32.2. The van der Waals surface area contributed by atoms with Gasteiger partial charge in [0.15, 0.2) is 6.73 Å².